The van der Waals surface area contributed by atoms with Crippen LogP contribution >= 0.6 is 0 Å². The summed E-state index contributed by atoms with van der Waals surface area (Å²) in [7, 11) is 4.17. The number of fused-ring (bicyclic) bond motifs is 1. The molecular formula is C21H23NO5. The van der Waals surface area contributed by atoms with Crippen molar-refractivity contribution in [2.24, 2.45) is 5.92 Å². The van der Waals surface area contributed by atoms with Crippen LogP contribution in [-0.4, -0.2) is 39.8 Å². The minimum atomic E-state index is -1.09. The van der Waals surface area contributed by atoms with Gasteiger partial charge < -0.3 is 19.1 Å². The molecule has 2 aromatic rings. The van der Waals surface area contributed by atoms with Gasteiger partial charge in [0.2, 0.25) is 0 Å². The number of esters is 2. The number of carbonyl (C=O) groups is 2. The van der Waals surface area contributed by atoms with Crippen LogP contribution in [0.1, 0.15) is 17.2 Å². The van der Waals surface area contributed by atoms with E-state index in [2.05, 4.69) is 0 Å². The zero-order chi connectivity index (χ0) is 19.4. The number of carbonyl (C=O) groups excluding carboxylic acids is 2. The molecule has 1 heterocycles. The molecule has 142 valence electrons. The molecule has 0 aromatic heterocycles. The summed E-state index contributed by atoms with van der Waals surface area (Å²) in [4.78, 5) is 27.1. The lowest BCUT2D eigenvalue weighted by atomic mass is 9.84. The highest BCUT2D eigenvalue weighted by Gasteiger charge is 2.43. The van der Waals surface area contributed by atoms with Crippen molar-refractivity contribution in [1.82, 2.24) is 0 Å². The zero-order valence-corrected chi connectivity index (χ0v) is 15.7. The average molecular weight is 369 g/mol. The second kappa shape index (κ2) is 8.12. The van der Waals surface area contributed by atoms with Crippen LogP contribution in [-0.2, 0) is 25.5 Å². The zero-order valence-electron chi connectivity index (χ0n) is 15.7. The summed E-state index contributed by atoms with van der Waals surface area (Å²) in [5, 5.41) is 0. The van der Waals surface area contributed by atoms with Gasteiger partial charge in [-0.05, 0) is 29.7 Å². The fourth-order valence-electron chi connectivity index (χ4n) is 3.64. The number of hydrogen-bond acceptors (Lipinski definition) is 6. The summed E-state index contributed by atoms with van der Waals surface area (Å²) in [6, 6.07) is 14.9. The highest BCUT2D eigenvalue weighted by molar-refractivity contribution is 5.96. The molecule has 0 saturated carbocycles. The number of hydrogen-bond donors (Lipinski definition) is 0. The van der Waals surface area contributed by atoms with Crippen LogP contribution in [0.3, 0.4) is 0 Å². The maximum atomic E-state index is 12.5. The second-order valence-corrected chi connectivity index (χ2v) is 6.31. The molecule has 1 aliphatic heterocycles. The summed E-state index contributed by atoms with van der Waals surface area (Å²) in [6.45, 7) is 0.652. The molecule has 1 aliphatic rings. The molecule has 3 rings (SSSR count). The van der Waals surface area contributed by atoms with E-state index in [4.69, 9.17) is 14.2 Å². The van der Waals surface area contributed by atoms with Gasteiger partial charge in [-0.15, -0.1) is 0 Å². The summed E-state index contributed by atoms with van der Waals surface area (Å²) in [5.74, 6) is -1.61. The number of anilines is 1. The van der Waals surface area contributed by atoms with Crippen molar-refractivity contribution in [2.45, 2.75) is 12.5 Å². The van der Waals surface area contributed by atoms with E-state index in [1.54, 1.807) is 7.11 Å². The lowest BCUT2D eigenvalue weighted by molar-refractivity contribution is -0.160. The second-order valence-electron chi connectivity index (χ2n) is 6.31. The van der Waals surface area contributed by atoms with Crippen molar-refractivity contribution < 1.29 is 23.8 Å². The van der Waals surface area contributed by atoms with Gasteiger partial charge in [-0.2, -0.15) is 0 Å². The van der Waals surface area contributed by atoms with Crippen LogP contribution in [0, 0.1) is 5.92 Å². The summed E-state index contributed by atoms with van der Waals surface area (Å²) in [5.41, 5.74) is 2.90. The minimum absolute atomic E-state index is 0.526. The first-order valence-electron chi connectivity index (χ1n) is 8.75. The Bertz CT molecular complexity index is 819. The third-order valence-electron chi connectivity index (χ3n) is 4.94. The topological polar surface area (TPSA) is 65.1 Å². The van der Waals surface area contributed by atoms with Crippen molar-refractivity contribution in [3.8, 4) is 5.75 Å². The van der Waals surface area contributed by atoms with Crippen molar-refractivity contribution in [1.29, 1.82) is 0 Å². The molecule has 1 unspecified atom stereocenters. The van der Waals surface area contributed by atoms with Crippen LogP contribution in [0.4, 0.5) is 5.69 Å². The smallest absolute Gasteiger partial charge is 0.322 e. The maximum Gasteiger partial charge on any atom is 0.322 e. The van der Waals surface area contributed by atoms with Gasteiger partial charge in [-0.3, -0.25) is 9.59 Å². The van der Waals surface area contributed by atoms with Gasteiger partial charge >= 0.3 is 11.9 Å². The van der Waals surface area contributed by atoms with E-state index in [0.29, 0.717) is 12.3 Å². The molecule has 0 fully saturated rings. The molecule has 6 nitrogen and oxygen atoms in total. The number of benzene rings is 2. The van der Waals surface area contributed by atoms with Gasteiger partial charge in [0.1, 0.15) is 5.75 Å². The lowest BCUT2D eigenvalue weighted by Crippen LogP contribution is -2.45. The normalized spacial score (nSPS) is 15.9. The van der Waals surface area contributed by atoms with Gasteiger partial charge in [-0.25, -0.2) is 0 Å². The predicted molar refractivity (Wildman–Crippen MR) is 101 cm³/mol. The monoisotopic (exact) mass is 369 g/mol. The highest BCUT2D eigenvalue weighted by Crippen LogP contribution is 2.40. The van der Waals surface area contributed by atoms with Crippen LogP contribution in [0.5, 0.6) is 5.75 Å². The molecule has 0 aliphatic carbocycles. The fourth-order valence-corrected chi connectivity index (χ4v) is 3.64. The molecule has 0 bridgehead atoms. The third-order valence-corrected chi connectivity index (χ3v) is 4.94. The Morgan fingerprint density at radius 3 is 2.37 bits per heavy atom. The summed E-state index contributed by atoms with van der Waals surface area (Å²) < 4.78 is 15.2. The van der Waals surface area contributed by atoms with Crippen LogP contribution in [0.15, 0.2) is 48.5 Å². The number of rotatable bonds is 5. The molecule has 0 N–H and O–H groups in total. The van der Waals surface area contributed by atoms with Crippen molar-refractivity contribution >= 4 is 17.6 Å². The predicted octanol–water partition coefficient (Wildman–Crippen LogP) is 2.76. The third kappa shape index (κ3) is 3.60. The van der Waals surface area contributed by atoms with Crippen molar-refractivity contribution in [3.05, 3.63) is 59.7 Å². The van der Waals surface area contributed by atoms with E-state index in [1.807, 2.05) is 53.4 Å². The van der Waals surface area contributed by atoms with E-state index < -0.39 is 23.9 Å². The fraction of sp³-hybridized carbons (Fsp3) is 0.333. The Labute approximate surface area is 158 Å². The molecule has 0 saturated heterocycles. The van der Waals surface area contributed by atoms with Gasteiger partial charge in [0.15, 0.2) is 5.92 Å². The van der Waals surface area contributed by atoms with Crippen LogP contribution in [0.2, 0.25) is 0 Å². The largest absolute Gasteiger partial charge is 0.497 e. The first kappa shape index (κ1) is 18.8. The summed E-state index contributed by atoms with van der Waals surface area (Å²) >= 11 is 0. The van der Waals surface area contributed by atoms with Crippen LogP contribution in [0.25, 0.3) is 0 Å². The maximum absolute atomic E-state index is 12.5. The lowest BCUT2D eigenvalue weighted by Gasteiger charge is -2.41. The van der Waals surface area contributed by atoms with Gasteiger partial charge in [0.25, 0.3) is 0 Å². The Morgan fingerprint density at radius 2 is 1.70 bits per heavy atom. The van der Waals surface area contributed by atoms with Crippen molar-refractivity contribution in [2.75, 3.05) is 32.8 Å². The molecule has 1 atom stereocenters. The number of ether oxygens (including phenoxy) is 3. The van der Waals surface area contributed by atoms with Gasteiger partial charge in [0.05, 0.1) is 27.4 Å². The van der Waals surface area contributed by atoms with Gasteiger partial charge in [0, 0.05) is 18.3 Å². The average Bonchev–Trinajstić information content (AvgIpc) is 2.73. The molecule has 27 heavy (non-hydrogen) atoms. The molecule has 0 amide bonds. The Kier molecular flexibility index (Phi) is 5.64. The Morgan fingerprint density at radius 1 is 1.00 bits per heavy atom. The Balaban J connectivity index is 2.14. The highest BCUT2D eigenvalue weighted by atomic mass is 16.5. The first-order chi connectivity index (χ1) is 13.1. The molecular weight excluding hydrogens is 346 g/mol. The van der Waals surface area contributed by atoms with Crippen molar-refractivity contribution in [3.63, 3.8) is 0 Å². The molecule has 0 radical (unpaired) electrons. The Hall–Kier alpha value is -3.02. The number of nitrogens with zero attached hydrogens (tertiary/aromatic N) is 1. The SMILES string of the molecule is COC(=O)C(C(=O)OC)C1c2ccccc2CCN1c1cccc(OC)c1. The molecule has 6 heteroatoms. The van der Waals surface area contributed by atoms with E-state index in [1.165, 1.54) is 14.2 Å². The van der Waals surface area contributed by atoms with Crippen LogP contribution < -0.4 is 9.64 Å². The number of methoxy groups -OCH3 is 3. The van der Waals surface area contributed by atoms with E-state index in [0.717, 1.165) is 23.2 Å². The van der Waals surface area contributed by atoms with E-state index in [9.17, 15) is 9.59 Å². The van der Waals surface area contributed by atoms with E-state index in [-0.39, 0.29) is 0 Å². The standard InChI is InChI=1S/C21H23NO5/c1-25-16-9-6-8-15(13-16)22-12-11-14-7-4-5-10-17(14)19(22)18(20(23)26-2)21(24)27-3/h4-10,13,18-19H,11-12H2,1-3H3. The van der Waals surface area contributed by atoms with Gasteiger partial charge in [-0.1, -0.05) is 30.3 Å². The minimum Gasteiger partial charge on any atom is -0.497 e. The molecule has 2 aromatic carbocycles. The molecule has 0 spiro atoms. The van der Waals surface area contributed by atoms with E-state index >= 15 is 0 Å². The summed E-state index contributed by atoms with van der Waals surface area (Å²) in [6.07, 6.45) is 0.805. The quantitative estimate of drug-likeness (QED) is 0.596. The first-order valence-corrected chi connectivity index (χ1v) is 8.75.